The molecule has 0 aromatic rings. The fourth-order valence-corrected chi connectivity index (χ4v) is 2.43. The number of nitrogens with zero attached hydrogens (tertiary/aromatic N) is 1. The van der Waals surface area contributed by atoms with Crippen molar-refractivity contribution in [2.45, 2.75) is 32.1 Å². The second-order valence-electron chi connectivity index (χ2n) is 4.31. The van der Waals surface area contributed by atoms with Crippen molar-refractivity contribution in [2.24, 2.45) is 11.3 Å². The van der Waals surface area contributed by atoms with E-state index >= 15 is 0 Å². The van der Waals surface area contributed by atoms with Gasteiger partial charge in [-0.1, -0.05) is 19.3 Å². The van der Waals surface area contributed by atoms with Gasteiger partial charge in [-0.05, 0) is 12.8 Å². The summed E-state index contributed by atoms with van der Waals surface area (Å²) in [6.45, 7) is 0. The average Bonchev–Trinajstić information content (AvgIpc) is 2.39. The summed E-state index contributed by atoms with van der Waals surface area (Å²) < 4.78 is 9.25. The molecule has 0 N–H and O–H groups in total. The minimum atomic E-state index is -1.12. The van der Waals surface area contributed by atoms with E-state index in [2.05, 4.69) is 15.5 Å². The van der Waals surface area contributed by atoms with Crippen LogP contribution in [0.5, 0.6) is 0 Å². The highest BCUT2D eigenvalue weighted by Crippen LogP contribution is 2.43. The molecule has 0 unspecified atom stereocenters. The lowest BCUT2D eigenvalue weighted by Crippen LogP contribution is -2.43. The Morgan fingerprint density at radius 1 is 1.12 bits per heavy atom. The van der Waals surface area contributed by atoms with Crippen LogP contribution in [-0.4, -0.2) is 26.2 Å². The quantitative estimate of drug-likeness (QED) is 0.550. The molecule has 1 rings (SSSR count). The maximum atomic E-state index is 11.7. The third-order valence-electron chi connectivity index (χ3n) is 3.39. The van der Waals surface area contributed by atoms with Gasteiger partial charge in [0, 0.05) is 0 Å². The molecule has 5 heteroatoms. The number of carbonyl (C=O) groups excluding carboxylic acids is 2. The van der Waals surface area contributed by atoms with Gasteiger partial charge in [0.05, 0.1) is 25.7 Å². The van der Waals surface area contributed by atoms with E-state index in [0.717, 1.165) is 19.3 Å². The van der Waals surface area contributed by atoms with Crippen LogP contribution in [0.1, 0.15) is 32.1 Å². The molecule has 94 valence electrons. The van der Waals surface area contributed by atoms with E-state index in [1.807, 2.05) is 0 Å². The molecule has 1 aliphatic carbocycles. The molecule has 17 heavy (non-hydrogen) atoms. The van der Waals surface area contributed by atoms with Crippen LogP contribution in [-0.2, 0) is 19.1 Å². The topological polar surface area (TPSA) is 76.4 Å². The largest absolute Gasteiger partial charge is 0.468 e. The normalized spacial score (nSPS) is 18.2. The van der Waals surface area contributed by atoms with Crippen LogP contribution in [0.25, 0.3) is 0 Å². The van der Waals surface area contributed by atoms with Crippen LogP contribution in [0.2, 0.25) is 0 Å². The van der Waals surface area contributed by atoms with Gasteiger partial charge in [0.1, 0.15) is 0 Å². The van der Waals surface area contributed by atoms with Crippen LogP contribution in [0.3, 0.4) is 0 Å². The van der Waals surface area contributed by atoms with Crippen LogP contribution in [0.15, 0.2) is 0 Å². The van der Waals surface area contributed by atoms with Crippen LogP contribution < -0.4 is 0 Å². The summed E-state index contributed by atoms with van der Waals surface area (Å²) in [7, 11) is 2.43. The van der Waals surface area contributed by atoms with Crippen molar-refractivity contribution in [1.82, 2.24) is 0 Å². The van der Waals surface area contributed by atoms with E-state index in [-0.39, 0.29) is 0 Å². The van der Waals surface area contributed by atoms with Crippen molar-refractivity contribution in [3.63, 3.8) is 0 Å². The first-order chi connectivity index (χ1) is 8.11. The van der Waals surface area contributed by atoms with Crippen molar-refractivity contribution in [3.8, 4) is 6.07 Å². The second kappa shape index (κ2) is 5.67. The fourth-order valence-electron chi connectivity index (χ4n) is 2.43. The summed E-state index contributed by atoms with van der Waals surface area (Å²) in [5.74, 6) is -2.48. The molecule has 1 saturated carbocycles. The zero-order valence-electron chi connectivity index (χ0n) is 10.2. The standard InChI is InChI=1S/C12H17NO4/c1-16-10(14)9(11(15)17-2)12(8-13)6-4-3-5-7-12/h9H,3-7H2,1-2H3. The minimum Gasteiger partial charge on any atom is -0.468 e. The molecule has 0 spiro atoms. The van der Waals surface area contributed by atoms with Crippen LogP contribution in [0, 0.1) is 22.7 Å². The van der Waals surface area contributed by atoms with Gasteiger partial charge in [-0.2, -0.15) is 5.26 Å². The molecule has 1 aliphatic rings. The summed E-state index contributed by atoms with van der Waals surface area (Å²) >= 11 is 0. The lowest BCUT2D eigenvalue weighted by atomic mass is 9.66. The highest BCUT2D eigenvalue weighted by Gasteiger charge is 2.50. The Bertz CT molecular complexity index is 323. The first-order valence-corrected chi connectivity index (χ1v) is 5.68. The van der Waals surface area contributed by atoms with Gasteiger partial charge < -0.3 is 9.47 Å². The predicted molar refractivity (Wildman–Crippen MR) is 58.7 cm³/mol. The van der Waals surface area contributed by atoms with E-state index in [0.29, 0.717) is 12.8 Å². The predicted octanol–water partition coefficient (Wildman–Crippen LogP) is 1.42. The Hall–Kier alpha value is -1.57. The Morgan fingerprint density at radius 2 is 1.59 bits per heavy atom. The van der Waals surface area contributed by atoms with Gasteiger partial charge in [0.15, 0.2) is 5.92 Å². The monoisotopic (exact) mass is 239 g/mol. The van der Waals surface area contributed by atoms with Crippen molar-refractivity contribution in [3.05, 3.63) is 0 Å². The van der Waals surface area contributed by atoms with E-state index in [4.69, 9.17) is 0 Å². The maximum absolute atomic E-state index is 11.7. The minimum absolute atomic E-state index is 0.540. The summed E-state index contributed by atoms with van der Waals surface area (Å²) in [5.41, 5.74) is -0.960. The number of rotatable bonds is 3. The summed E-state index contributed by atoms with van der Waals surface area (Å²) in [5, 5.41) is 9.34. The molecular formula is C12H17NO4. The summed E-state index contributed by atoms with van der Waals surface area (Å²) in [4.78, 5) is 23.4. The van der Waals surface area contributed by atoms with Crippen LogP contribution in [0.4, 0.5) is 0 Å². The molecule has 0 aromatic carbocycles. The summed E-state index contributed by atoms with van der Waals surface area (Å²) in [6.07, 6.45) is 3.80. The third kappa shape index (κ3) is 2.57. The van der Waals surface area contributed by atoms with Gasteiger partial charge in [-0.15, -0.1) is 0 Å². The van der Waals surface area contributed by atoms with Crippen molar-refractivity contribution in [2.75, 3.05) is 14.2 Å². The van der Waals surface area contributed by atoms with Crippen molar-refractivity contribution in [1.29, 1.82) is 5.26 Å². The highest BCUT2D eigenvalue weighted by molar-refractivity contribution is 5.96. The average molecular weight is 239 g/mol. The highest BCUT2D eigenvalue weighted by atomic mass is 16.5. The summed E-state index contributed by atoms with van der Waals surface area (Å²) in [6, 6.07) is 2.15. The number of hydrogen-bond acceptors (Lipinski definition) is 5. The Morgan fingerprint density at radius 3 is 1.94 bits per heavy atom. The van der Waals surface area contributed by atoms with Crippen molar-refractivity contribution < 1.29 is 19.1 Å². The lowest BCUT2D eigenvalue weighted by Gasteiger charge is -2.34. The molecule has 0 radical (unpaired) electrons. The second-order valence-corrected chi connectivity index (χ2v) is 4.31. The fraction of sp³-hybridized carbons (Fsp3) is 0.750. The molecular weight excluding hydrogens is 222 g/mol. The molecule has 0 heterocycles. The zero-order valence-corrected chi connectivity index (χ0v) is 10.2. The van der Waals surface area contributed by atoms with E-state index in [9.17, 15) is 14.9 Å². The van der Waals surface area contributed by atoms with Gasteiger partial charge in [0.2, 0.25) is 0 Å². The number of methoxy groups -OCH3 is 2. The molecule has 0 aromatic heterocycles. The number of esters is 2. The third-order valence-corrected chi connectivity index (χ3v) is 3.39. The Balaban J connectivity index is 3.05. The first kappa shape index (κ1) is 13.5. The smallest absolute Gasteiger partial charge is 0.321 e. The number of nitriles is 1. The van der Waals surface area contributed by atoms with E-state index in [1.165, 1.54) is 14.2 Å². The van der Waals surface area contributed by atoms with Crippen LogP contribution >= 0.6 is 0 Å². The maximum Gasteiger partial charge on any atom is 0.321 e. The molecule has 0 bridgehead atoms. The molecule has 1 fully saturated rings. The Kier molecular flexibility index (Phi) is 4.50. The Labute approximate surface area is 101 Å². The number of hydrogen-bond donors (Lipinski definition) is 0. The van der Waals surface area contributed by atoms with E-state index in [1.54, 1.807) is 0 Å². The molecule has 0 atom stereocenters. The zero-order chi connectivity index (χ0) is 12.9. The molecule has 0 saturated heterocycles. The molecule has 0 aliphatic heterocycles. The van der Waals surface area contributed by atoms with Gasteiger partial charge in [0.25, 0.3) is 0 Å². The molecule has 5 nitrogen and oxygen atoms in total. The first-order valence-electron chi connectivity index (χ1n) is 5.68. The van der Waals surface area contributed by atoms with Gasteiger partial charge in [-0.3, -0.25) is 9.59 Å². The SMILES string of the molecule is COC(=O)C(C(=O)OC)C1(C#N)CCCCC1. The van der Waals surface area contributed by atoms with Gasteiger partial charge in [-0.25, -0.2) is 0 Å². The van der Waals surface area contributed by atoms with E-state index < -0.39 is 23.3 Å². The number of ether oxygens (including phenoxy) is 2. The molecule has 0 amide bonds. The lowest BCUT2D eigenvalue weighted by molar-refractivity contribution is -0.164. The van der Waals surface area contributed by atoms with Crippen molar-refractivity contribution >= 4 is 11.9 Å². The van der Waals surface area contributed by atoms with Gasteiger partial charge >= 0.3 is 11.9 Å². The number of carbonyl (C=O) groups is 2.